The Bertz CT molecular complexity index is 673. The summed E-state index contributed by atoms with van der Waals surface area (Å²) in [6, 6.07) is 7.48. The van der Waals surface area contributed by atoms with Crippen molar-refractivity contribution in [3.05, 3.63) is 41.0 Å². The van der Waals surface area contributed by atoms with Gasteiger partial charge in [0, 0.05) is 41.3 Å². The maximum atomic E-state index is 10.8. The standard InChI is InChI=1S/C15H12ClNOS/c1-11(18)19-9-3-2-4-12-7-8-17-15-10-13(16)5-6-14(12)15/h5-8,10H,3,9H2,1H3. The van der Waals surface area contributed by atoms with Crippen molar-refractivity contribution in [2.24, 2.45) is 0 Å². The second-order valence-electron chi connectivity index (χ2n) is 3.91. The lowest BCUT2D eigenvalue weighted by Crippen LogP contribution is -1.85. The number of hydrogen-bond acceptors (Lipinski definition) is 3. The molecule has 96 valence electrons. The van der Waals surface area contributed by atoms with Crippen molar-refractivity contribution in [1.29, 1.82) is 0 Å². The number of carbonyl (C=O) groups is 1. The predicted molar refractivity (Wildman–Crippen MR) is 81.4 cm³/mol. The topological polar surface area (TPSA) is 30.0 Å². The third-order valence-electron chi connectivity index (χ3n) is 2.46. The summed E-state index contributed by atoms with van der Waals surface area (Å²) in [5.41, 5.74) is 1.78. The lowest BCUT2D eigenvalue weighted by atomic mass is 10.1. The molecule has 2 rings (SSSR count). The summed E-state index contributed by atoms with van der Waals surface area (Å²) in [5.74, 6) is 6.94. The van der Waals surface area contributed by atoms with Gasteiger partial charge in [0.05, 0.1) is 5.52 Å². The number of pyridine rings is 1. The number of halogens is 1. The molecular formula is C15H12ClNOS. The van der Waals surface area contributed by atoms with Crippen LogP contribution in [0.2, 0.25) is 5.02 Å². The van der Waals surface area contributed by atoms with E-state index in [2.05, 4.69) is 16.8 Å². The van der Waals surface area contributed by atoms with Crippen LogP contribution in [0.1, 0.15) is 18.9 Å². The van der Waals surface area contributed by atoms with E-state index in [1.165, 1.54) is 11.8 Å². The first-order valence-corrected chi connectivity index (χ1v) is 7.19. The van der Waals surface area contributed by atoms with Crippen LogP contribution in [0.4, 0.5) is 0 Å². The molecule has 0 amide bonds. The molecule has 1 heterocycles. The van der Waals surface area contributed by atoms with Crippen molar-refractivity contribution >= 4 is 39.4 Å². The molecule has 0 fully saturated rings. The van der Waals surface area contributed by atoms with Crippen LogP contribution < -0.4 is 0 Å². The quantitative estimate of drug-likeness (QED) is 0.620. The van der Waals surface area contributed by atoms with E-state index < -0.39 is 0 Å². The van der Waals surface area contributed by atoms with E-state index >= 15 is 0 Å². The molecule has 4 heteroatoms. The van der Waals surface area contributed by atoms with Gasteiger partial charge >= 0.3 is 0 Å². The Labute approximate surface area is 121 Å². The van der Waals surface area contributed by atoms with Gasteiger partial charge in [0.2, 0.25) is 0 Å². The van der Waals surface area contributed by atoms with Crippen LogP contribution in [0.15, 0.2) is 30.5 Å². The summed E-state index contributed by atoms with van der Waals surface area (Å²) < 4.78 is 0. The fraction of sp³-hybridized carbons (Fsp3) is 0.200. The Morgan fingerprint density at radius 2 is 2.26 bits per heavy atom. The third-order valence-corrected chi connectivity index (χ3v) is 3.51. The Morgan fingerprint density at radius 3 is 3.05 bits per heavy atom. The SMILES string of the molecule is CC(=O)SCCC#Cc1ccnc2cc(Cl)ccc12. The average molecular weight is 290 g/mol. The summed E-state index contributed by atoms with van der Waals surface area (Å²) in [4.78, 5) is 15.0. The largest absolute Gasteiger partial charge is 0.288 e. The Hall–Kier alpha value is -1.50. The highest BCUT2D eigenvalue weighted by molar-refractivity contribution is 8.13. The van der Waals surface area contributed by atoms with Crippen molar-refractivity contribution < 1.29 is 4.79 Å². The first-order chi connectivity index (χ1) is 9.16. The molecule has 19 heavy (non-hydrogen) atoms. The summed E-state index contributed by atoms with van der Waals surface area (Å²) in [6.45, 7) is 1.57. The number of fused-ring (bicyclic) bond motifs is 1. The lowest BCUT2D eigenvalue weighted by molar-refractivity contribution is -0.109. The number of thioether (sulfide) groups is 1. The summed E-state index contributed by atoms with van der Waals surface area (Å²) >= 11 is 7.24. The maximum absolute atomic E-state index is 10.8. The van der Waals surface area contributed by atoms with Gasteiger partial charge in [-0.25, -0.2) is 0 Å². The molecule has 1 aromatic carbocycles. The molecule has 1 aromatic heterocycles. The zero-order valence-corrected chi connectivity index (χ0v) is 12.0. The van der Waals surface area contributed by atoms with E-state index in [-0.39, 0.29) is 5.12 Å². The van der Waals surface area contributed by atoms with Crippen molar-refractivity contribution in [1.82, 2.24) is 4.98 Å². The van der Waals surface area contributed by atoms with Gasteiger partial charge in [0.25, 0.3) is 0 Å². The fourth-order valence-corrected chi connectivity index (χ4v) is 2.29. The van der Waals surface area contributed by atoms with Crippen molar-refractivity contribution in [2.45, 2.75) is 13.3 Å². The first-order valence-electron chi connectivity index (χ1n) is 5.83. The smallest absolute Gasteiger partial charge is 0.185 e. The van der Waals surface area contributed by atoms with Gasteiger partial charge in [-0.2, -0.15) is 0 Å². The molecule has 0 N–H and O–H groups in total. The highest BCUT2D eigenvalue weighted by Gasteiger charge is 2.00. The van der Waals surface area contributed by atoms with E-state index in [1.54, 1.807) is 13.1 Å². The zero-order chi connectivity index (χ0) is 13.7. The summed E-state index contributed by atoms with van der Waals surface area (Å²) in [6.07, 6.45) is 2.43. The molecule has 2 nitrogen and oxygen atoms in total. The van der Waals surface area contributed by atoms with Gasteiger partial charge in [0.1, 0.15) is 0 Å². The van der Waals surface area contributed by atoms with Crippen LogP contribution in [-0.2, 0) is 4.79 Å². The van der Waals surface area contributed by atoms with Gasteiger partial charge in [-0.1, -0.05) is 41.3 Å². The van der Waals surface area contributed by atoms with Gasteiger partial charge in [-0.15, -0.1) is 0 Å². The van der Waals surface area contributed by atoms with E-state index in [4.69, 9.17) is 11.6 Å². The highest BCUT2D eigenvalue weighted by Crippen LogP contribution is 2.20. The Balaban J connectivity index is 2.17. The number of carbonyl (C=O) groups excluding carboxylic acids is 1. The Morgan fingerprint density at radius 1 is 1.42 bits per heavy atom. The van der Waals surface area contributed by atoms with E-state index in [0.29, 0.717) is 11.4 Å². The van der Waals surface area contributed by atoms with Crippen molar-refractivity contribution in [2.75, 3.05) is 5.75 Å². The van der Waals surface area contributed by atoms with Crippen LogP contribution >= 0.6 is 23.4 Å². The van der Waals surface area contributed by atoms with Gasteiger partial charge in [0.15, 0.2) is 5.12 Å². The fourth-order valence-electron chi connectivity index (χ4n) is 1.63. The van der Waals surface area contributed by atoms with Crippen LogP contribution in [0.25, 0.3) is 10.9 Å². The molecule has 0 aliphatic rings. The molecule has 0 bridgehead atoms. The number of aromatic nitrogens is 1. The zero-order valence-electron chi connectivity index (χ0n) is 10.4. The maximum Gasteiger partial charge on any atom is 0.185 e. The molecule has 0 aliphatic carbocycles. The minimum absolute atomic E-state index is 0.130. The molecule has 0 unspecified atom stereocenters. The van der Waals surface area contributed by atoms with Crippen LogP contribution in [0.5, 0.6) is 0 Å². The van der Waals surface area contributed by atoms with Gasteiger partial charge < -0.3 is 0 Å². The molecule has 0 radical (unpaired) electrons. The van der Waals surface area contributed by atoms with E-state index in [1.807, 2.05) is 24.3 Å². The minimum atomic E-state index is 0.130. The number of benzene rings is 1. The molecule has 0 spiro atoms. The second kappa shape index (κ2) is 6.60. The summed E-state index contributed by atoms with van der Waals surface area (Å²) in [5, 5.41) is 1.80. The molecule has 0 atom stereocenters. The monoisotopic (exact) mass is 289 g/mol. The van der Waals surface area contributed by atoms with E-state index in [9.17, 15) is 4.79 Å². The van der Waals surface area contributed by atoms with Crippen LogP contribution in [0.3, 0.4) is 0 Å². The van der Waals surface area contributed by atoms with Gasteiger partial charge in [-0.3, -0.25) is 9.78 Å². The molecule has 2 aromatic rings. The summed E-state index contributed by atoms with van der Waals surface area (Å²) in [7, 11) is 0. The molecule has 0 aliphatic heterocycles. The van der Waals surface area contributed by atoms with Crippen molar-refractivity contribution in [3.63, 3.8) is 0 Å². The van der Waals surface area contributed by atoms with Crippen LogP contribution in [0, 0.1) is 11.8 Å². The Kier molecular flexibility index (Phi) is 4.84. The number of rotatable bonds is 2. The van der Waals surface area contributed by atoms with Crippen molar-refractivity contribution in [3.8, 4) is 11.8 Å². The second-order valence-corrected chi connectivity index (χ2v) is 5.62. The highest BCUT2D eigenvalue weighted by atomic mass is 35.5. The van der Waals surface area contributed by atoms with E-state index in [0.717, 1.165) is 22.2 Å². The first kappa shape index (κ1) is 13.9. The minimum Gasteiger partial charge on any atom is -0.288 e. The van der Waals surface area contributed by atoms with Crippen LogP contribution in [-0.4, -0.2) is 15.9 Å². The number of nitrogens with zero attached hydrogens (tertiary/aromatic N) is 1. The van der Waals surface area contributed by atoms with Gasteiger partial charge in [-0.05, 0) is 18.2 Å². The predicted octanol–water partition coefficient (Wildman–Crippen LogP) is 3.91. The molecular weight excluding hydrogens is 278 g/mol. The molecule has 0 saturated heterocycles. The average Bonchev–Trinajstić information content (AvgIpc) is 2.37. The normalized spacial score (nSPS) is 10.0. The third kappa shape index (κ3) is 3.99. The lowest BCUT2D eigenvalue weighted by Gasteiger charge is -2.00. The number of hydrogen-bond donors (Lipinski definition) is 0. The molecule has 0 saturated carbocycles.